The molecular formula is C18H39N5O. The predicted octanol–water partition coefficient (Wildman–Crippen LogP) is 1.24. The van der Waals surface area contributed by atoms with Gasteiger partial charge in [0.2, 0.25) is 0 Å². The molecule has 2 N–H and O–H groups in total. The normalized spacial score (nSPS) is 19.6. The molecule has 0 aliphatic carbocycles. The molecule has 1 fully saturated rings. The van der Waals surface area contributed by atoms with Crippen LogP contribution in [0, 0.1) is 5.92 Å². The van der Waals surface area contributed by atoms with Crippen molar-refractivity contribution in [3.63, 3.8) is 0 Å². The summed E-state index contributed by atoms with van der Waals surface area (Å²) in [5.41, 5.74) is 0. The molecule has 0 radical (unpaired) electrons. The Balaban J connectivity index is 2.37. The highest BCUT2D eigenvalue weighted by molar-refractivity contribution is 5.79. The Morgan fingerprint density at radius 3 is 2.42 bits per heavy atom. The van der Waals surface area contributed by atoms with E-state index >= 15 is 0 Å². The van der Waals surface area contributed by atoms with Crippen molar-refractivity contribution in [2.24, 2.45) is 10.9 Å². The molecular weight excluding hydrogens is 302 g/mol. The first-order valence-corrected chi connectivity index (χ1v) is 9.46. The van der Waals surface area contributed by atoms with E-state index < -0.39 is 0 Å². The van der Waals surface area contributed by atoms with Crippen LogP contribution in [0.15, 0.2) is 4.99 Å². The van der Waals surface area contributed by atoms with Crippen molar-refractivity contribution in [1.29, 1.82) is 0 Å². The van der Waals surface area contributed by atoms with E-state index in [4.69, 9.17) is 4.74 Å². The lowest BCUT2D eigenvalue weighted by molar-refractivity contribution is 0.00752. The maximum Gasteiger partial charge on any atom is 0.191 e. The molecule has 1 aliphatic rings. The van der Waals surface area contributed by atoms with Crippen molar-refractivity contribution in [1.82, 2.24) is 20.4 Å². The van der Waals surface area contributed by atoms with E-state index in [1.807, 2.05) is 7.05 Å². The number of likely N-dealkylation sites (N-methyl/N-ethyl adjacent to an activating group) is 1. The average molecular weight is 342 g/mol. The van der Waals surface area contributed by atoms with Crippen LogP contribution >= 0.6 is 0 Å². The highest BCUT2D eigenvalue weighted by Gasteiger charge is 2.23. The number of nitrogens with zero attached hydrogens (tertiary/aromatic N) is 3. The third-order valence-corrected chi connectivity index (χ3v) is 5.09. The number of morpholine rings is 1. The number of guanidine groups is 1. The second-order valence-corrected chi connectivity index (χ2v) is 7.08. The third kappa shape index (κ3) is 7.36. The van der Waals surface area contributed by atoms with E-state index in [-0.39, 0.29) is 0 Å². The SMILES string of the molecule is CCC(C)N(C)CCNC(=NC)NCC(C(C)C)N1CCOCC1. The van der Waals surface area contributed by atoms with Gasteiger partial charge in [0.25, 0.3) is 0 Å². The van der Waals surface area contributed by atoms with E-state index in [9.17, 15) is 0 Å². The molecule has 0 aromatic carbocycles. The molecule has 0 saturated carbocycles. The summed E-state index contributed by atoms with van der Waals surface area (Å²) >= 11 is 0. The number of hydrogen-bond acceptors (Lipinski definition) is 4. The lowest BCUT2D eigenvalue weighted by Crippen LogP contribution is -2.53. The van der Waals surface area contributed by atoms with E-state index in [2.05, 4.69) is 60.2 Å². The molecule has 1 heterocycles. The molecule has 0 aromatic rings. The molecule has 6 nitrogen and oxygen atoms in total. The zero-order valence-electron chi connectivity index (χ0n) is 16.6. The average Bonchev–Trinajstić information content (AvgIpc) is 2.60. The Hall–Kier alpha value is -0.850. The number of aliphatic imine (C=N–C) groups is 1. The van der Waals surface area contributed by atoms with Gasteiger partial charge in [-0.2, -0.15) is 0 Å². The Bertz CT molecular complexity index is 355. The summed E-state index contributed by atoms with van der Waals surface area (Å²) in [4.78, 5) is 9.27. The minimum atomic E-state index is 0.509. The van der Waals surface area contributed by atoms with Crippen LogP contribution < -0.4 is 10.6 Å². The molecule has 6 heteroatoms. The van der Waals surface area contributed by atoms with Crippen molar-refractivity contribution < 1.29 is 4.74 Å². The Kier molecular flexibility index (Phi) is 10.3. The van der Waals surface area contributed by atoms with Gasteiger partial charge >= 0.3 is 0 Å². The molecule has 142 valence electrons. The highest BCUT2D eigenvalue weighted by atomic mass is 16.5. The van der Waals surface area contributed by atoms with Crippen molar-refractivity contribution in [2.45, 2.75) is 46.2 Å². The van der Waals surface area contributed by atoms with Crippen LogP contribution in [-0.4, -0.2) is 87.9 Å². The molecule has 1 aliphatic heterocycles. The maximum absolute atomic E-state index is 5.48. The second kappa shape index (κ2) is 11.7. The number of nitrogens with one attached hydrogen (secondary N) is 2. The number of ether oxygens (including phenoxy) is 1. The fraction of sp³-hybridized carbons (Fsp3) is 0.944. The lowest BCUT2D eigenvalue weighted by atomic mass is 10.0. The first-order chi connectivity index (χ1) is 11.5. The van der Waals surface area contributed by atoms with Crippen molar-refractivity contribution >= 4 is 5.96 Å². The van der Waals surface area contributed by atoms with Crippen molar-refractivity contribution in [2.75, 3.05) is 60.0 Å². The van der Waals surface area contributed by atoms with Crippen LogP contribution in [-0.2, 0) is 4.74 Å². The summed E-state index contributed by atoms with van der Waals surface area (Å²) in [6.45, 7) is 15.7. The first-order valence-electron chi connectivity index (χ1n) is 9.46. The van der Waals surface area contributed by atoms with Crippen LogP contribution in [0.3, 0.4) is 0 Å². The summed E-state index contributed by atoms with van der Waals surface area (Å²) in [6.07, 6.45) is 1.18. The molecule has 0 spiro atoms. The predicted molar refractivity (Wildman–Crippen MR) is 103 cm³/mol. The topological polar surface area (TPSA) is 52.1 Å². The fourth-order valence-electron chi connectivity index (χ4n) is 3.00. The summed E-state index contributed by atoms with van der Waals surface area (Å²) in [5.74, 6) is 1.50. The number of hydrogen-bond donors (Lipinski definition) is 2. The first kappa shape index (κ1) is 21.2. The van der Waals surface area contributed by atoms with Crippen LogP contribution in [0.1, 0.15) is 34.1 Å². The van der Waals surface area contributed by atoms with Gasteiger partial charge in [-0.3, -0.25) is 9.89 Å². The molecule has 2 atom stereocenters. The van der Waals surface area contributed by atoms with E-state index in [1.54, 1.807) is 0 Å². The summed E-state index contributed by atoms with van der Waals surface area (Å²) < 4.78 is 5.48. The van der Waals surface area contributed by atoms with Crippen LogP contribution in [0.2, 0.25) is 0 Å². The fourth-order valence-corrected chi connectivity index (χ4v) is 3.00. The third-order valence-electron chi connectivity index (χ3n) is 5.09. The zero-order chi connectivity index (χ0) is 17.9. The van der Waals surface area contributed by atoms with E-state index in [1.165, 1.54) is 6.42 Å². The van der Waals surface area contributed by atoms with Gasteiger partial charge in [-0.1, -0.05) is 20.8 Å². The monoisotopic (exact) mass is 341 g/mol. The standard InChI is InChI=1S/C18H39N5O/c1-7-16(4)22(6)9-8-20-18(19-5)21-14-17(15(2)3)23-10-12-24-13-11-23/h15-17H,7-14H2,1-6H3,(H2,19,20,21). The molecule has 0 bridgehead atoms. The molecule has 24 heavy (non-hydrogen) atoms. The van der Waals surface area contributed by atoms with Gasteiger partial charge < -0.3 is 20.3 Å². The highest BCUT2D eigenvalue weighted by Crippen LogP contribution is 2.12. The minimum Gasteiger partial charge on any atom is -0.379 e. The largest absolute Gasteiger partial charge is 0.379 e. The van der Waals surface area contributed by atoms with Crippen LogP contribution in [0.4, 0.5) is 0 Å². The van der Waals surface area contributed by atoms with Gasteiger partial charge in [0.15, 0.2) is 5.96 Å². The molecule has 2 unspecified atom stereocenters. The Morgan fingerprint density at radius 1 is 1.21 bits per heavy atom. The van der Waals surface area contributed by atoms with Crippen LogP contribution in [0.5, 0.6) is 0 Å². The molecule has 0 aromatic heterocycles. The quantitative estimate of drug-likeness (QED) is 0.488. The molecule has 1 saturated heterocycles. The lowest BCUT2D eigenvalue weighted by Gasteiger charge is -2.37. The summed E-state index contributed by atoms with van der Waals surface area (Å²) in [7, 11) is 4.02. The van der Waals surface area contributed by atoms with Gasteiger partial charge in [0.1, 0.15) is 0 Å². The van der Waals surface area contributed by atoms with Crippen LogP contribution in [0.25, 0.3) is 0 Å². The Morgan fingerprint density at radius 2 is 1.88 bits per heavy atom. The van der Waals surface area contributed by atoms with Gasteiger partial charge in [-0.15, -0.1) is 0 Å². The number of rotatable bonds is 9. The minimum absolute atomic E-state index is 0.509. The van der Waals surface area contributed by atoms with Gasteiger partial charge in [-0.05, 0) is 26.3 Å². The van der Waals surface area contributed by atoms with Gasteiger partial charge in [-0.25, -0.2) is 0 Å². The summed E-state index contributed by atoms with van der Waals surface area (Å²) in [5, 5.41) is 6.93. The van der Waals surface area contributed by atoms with Gasteiger partial charge in [0.05, 0.1) is 13.2 Å². The molecule has 1 rings (SSSR count). The van der Waals surface area contributed by atoms with Gasteiger partial charge in [0, 0.05) is 51.9 Å². The van der Waals surface area contributed by atoms with Crippen molar-refractivity contribution in [3.05, 3.63) is 0 Å². The molecule has 0 amide bonds. The van der Waals surface area contributed by atoms with E-state index in [0.717, 1.165) is 51.9 Å². The second-order valence-electron chi connectivity index (χ2n) is 7.08. The smallest absolute Gasteiger partial charge is 0.191 e. The van der Waals surface area contributed by atoms with Crippen molar-refractivity contribution in [3.8, 4) is 0 Å². The summed E-state index contributed by atoms with van der Waals surface area (Å²) in [6, 6.07) is 1.13. The van der Waals surface area contributed by atoms with E-state index in [0.29, 0.717) is 18.0 Å². The zero-order valence-corrected chi connectivity index (χ0v) is 16.6. The Labute approximate surface area is 149 Å². The maximum atomic E-state index is 5.48.